The SMILES string of the molecule is Cc1ccc(S(=O)(=O)n2ccc3c(Oc4ccc(CC(NCC5CCCCC5)C(=O)O)cc4)ccnc32)cc1. The third-order valence-electron chi connectivity index (χ3n) is 7.36. The fraction of sp³-hybridized carbons (Fsp3) is 0.333. The van der Waals surface area contributed by atoms with Gasteiger partial charge in [0.25, 0.3) is 10.0 Å². The van der Waals surface area contributed by atoms with Gasteiger partial charge in [0.1, 0.15) is 17.5 Å². The van der Waals surface area contributed by atoms with Crippen LogP contribution < -0.4 is 10.1 Å². The maximum absolute atomic E-state index is 13.2. The summed E-state index contributed by atoms with van der Waals surface area (Å²) in [6.07, 6.45) is 9.42. The van der Waals surface area contributed by atoms with Crippen LogP contribution in [0.25, 0.3) is 11.0 Å². The molecular weight excluding hydrogens is 514 g/mol. The zero-order chi connectivity index (χ0) is 27.4. The van der Waals surface area contributed by atoms with Gasteiger partial charge in [0.05, 0.1) is 10.3 Å². The number of aliphatic carboxylic acids is 1. The van der Waals surface area contributed by atoms with Gasteiger partial charge in [-0.15, -0.1) is 0 Å². The van der Waals surface area contributed by atoms with Gasteiger partial charge in [-0.05, 0) is 80.6 Å². The first-order chi connectivity index (χ1) is 18.8. The van der Waals surface area contributed by atoms with Crippen molar-refractivity contribution in [3.05, 3.63) is 84.2 Å². The lowest BCUT2D eigenvalue weighted by Gasteiger charge is -2.24. The molecule has 8 nitrogen and oxygen atoms in total. The number of ether oxygens (including phenoxy) is 1. The van der Waals surface area contributed by atoms with Gasteiger partial charge in [-0.25, -0.2) is 17.4 Å². The van der Waals surface area contributed by atoms with E-state index in [9.17, 15) is 18.3 Å². The molecule has 0 amide bonds. The van der Waals surface area contributed by atoms with Crippen LogP contribution in [0.2, 0.25) is 0 Å². The van der Waals surface area contributed by atoms with Crippen molar-refractivity contribution in [1.82, 2.24) is 14.3 Å². The lowest BCUT2D eigenvalue weighted by atomic mass is 9.89. The summed E-state index contributed by atoms with van der Waals surface area (Å²) in [5, 5.41) is 13.5. The third-order valence-corrected chi connectivity index (χ3v) is 9.04. The van der Waals surface area contributed by atoms with Crippen molar-refractivity contribution in [3.8, 4) is 11.5 Å². The lowest BCUT2D eigenvalue weighted by molar-refractivity contribution is -0.139. The molecule has 0 radical (unpaired) electrons. The minimum atomic E-state index is -3.82. The lowest BCUT2D eigenvalue weighted by Crippen LogP contribution is -2.41. The number of rotatable bonds is 10. The molecule has 1 aliphatic carbocycles. The Kier molecular flexibility index (Phi) is 7.99. The van der Waals surface area contributed by atoms with Gasteiger partial charge in [-0.1, -0.05) is 49.1 Å². The molecule has 9 heteroatoms. The highest BCUT2D eigenvalue weighted by Gasteiger charge is 2.22. The number of benzene rings is 2. The zero-order valence-electron chi connectivity index (χ0n) is 21.9. The van der Waals surface area contributed by atoms with Crippen LogP contribution in [0.5, 0.6) is 11.5 Å². The number of carboxylic acids is 1. The van der Waals surface area contributed by atoms with E-state index >= 15 is 0 Å². The first-order valence-corrected chi connectivity index (χ1v) is 14.8. The molecule has 2 N–H and O–H groups in total. The van der Waals surface area contributed by atoms with Crippen LogP contribution in [-0.4, -0.2) is 41.0 Å². The molecule has 1 atom stereocenters. The summed E-state index contributed by atoms with van der Waals surface area (Å²) in [6.45, 7) is 2.63. The second-order valence-electron chi connectivity index (χ2n) is 10.2. The maximum atomic E-state index is 13.2. The van der Waals surface area contributed by atoms with E-state index in [0.717, 1.165) is 34.5 Å². The number of fused-ring (bicyclic) bond motifs is 1. The van der Waals surface area contributed by atoms with Crippen molar-refractivity contribution in [2.45, 2.75) is 56.4 Å². The Morgan fingerprint density at radius 2 is 1.77 bits per heavy atom. The average Bonchev–Trinajstić information content (AvgIpc) is 3.39. The predicted molar refractivity (Wildman–Crippen MR) is 150 cm³/mol. The van der Waals surface area contributed by atoms with Crippen LogP contribution in [0.1, 0.15) is 43.2 Å². The molecule has 4 aromatic rings. The normalized spacial score (nSPS) is 15.3. The largest absolute Gasteiger partial charge is 0.480 e. The van der Waals surface area contributed by atoms with E-state index in [1.165, 1.54) is 31.7 Å². The van der Waals surface area contributed by atoms with E-state index in [1.807, 2.05) is 19.1 Å². The summed E-state index contributed by atoms with van der Waals surface area (Å²) in [6, 6.07) is 16.7. The third kappa shape index (κ3) is 6.15. The quantitative estimate of drug-likeness (QED) is 0.268. The summed E-state index contributed by atoms with van der Waals surface area (Å²) < 4.78 is 33.7. The summed E-state index contributed by atoms with van der Waals surface area (Å²) in [5.74, 6) is 0.733. The van der Waals surface area contributed by atoms with Crippen molar-refractivity contribution in [3.63, 3.8) is 0 Å². The summed E-state index contributed by atoms with van der Waals surface area (Å²) in [4.78, 5) is 16.3. The van der Waals surface area contributed by atoms with Gasteiger partial charge in [-0.3, -0.25) is 4.79 Å². The van der Waals surface area contributed by atoms with Gasteiger partial charge < -0.3 is 15.2 Å². The van der Waals surface area contributed by atoms with Crippen LogP contribution >= 0.6 is 0 Å². The first kappa shape index (κ1) is 26.9. The Labute approximate surface area is 228 Å². The number of aryl methyl sites for hydroxylation is 1. The monoisotopic (exact) mass is 547 g/mol. The number of carbonyl (C=O) groups is 1. The molecule has 0 aliphatic heterocycles. The van der Waals surface area contributed by atoms with Crippen LogP contribution in [0.3, 0.4) is 0 Å². The van der Waals surface area contributed by atoms with Crippen LogP contribution in [0, 0.1) is 12.8 Å². The molecule has 0 saturated heterocycles. The number of nitrogens with one attached hydrogen (secondary N) is 1. The van der Waals surface area contributed by atoms with Crippen LogP contribution in [-0.2, 0) is 21.2 Å². The van der Waals surface area contributed by atoms with Gasteiger partial charge in [0.2, 0.25) is 0 Å². The fourth-order valence-electron chi connectivity index (χ4n) is 5.10. The smallest absolute Gasteiger partial charge is 0.321 e. The topological polar surface area (TPSA) is 111 Å². The van der Waals surface area contributed by atoms with Crippen molar-refractivity contribution < 1.29 is 23.1 Å². The number of aromatic nitrogens is 2. The molecule has 39 heavy (non-hydrogen) atoms. The molecule has 0 bridgehead atoms. The van der Waals surface area contributed by atoms with Gasteiger partial charge in [0, 0.05) is 12.4 Å². The zero-order valence-corrected chi connectivity index (χ0v) is 22.7. The maximum Gasteiger partial charge on any atom is 0.321 e. The minimum Gasteiger partial charge on any atom is -0.480 e. The molecule has 0 spiro atoms. The van der Waals surface area contributed by atoms with Crippen molar-refractivity contribution in [2.24, 2.45) is 5.92 Å². The number of carboxylic acid groups (broad SMARTS) is 1. The van der Waals surface area contributed by atoms with Gasteiger partial charge in [0.15, 0.2) is 5.65 Å². The Morgan fingerprint density at radius 3 is 2.46 bits per heavy atom. The summed E-state index contributed by atoms with van der Waals surface area (Å²) in [7, 11) is -3.82. The molecule has 1 unspecified atom stereocenters. The van der Waals surface area contributed by atoms with Crippen LogP contribution in [0.4, 0.5) is 0 Å². The molecule has 2 heterocycles. The van der Waals surface area contributed by atoms with Crippen molar-refractivity contribution >= 4 is 27.0 Å². The predicted octanol–water partition coefficient (Wildman–Crippen LogP) is 5.54. The molecule has 1 saturated carbocycles. The minimum absolute atomic E-state index is 0.183. The van der Waals surface area contributed by atoms with Crippen LogP contribution in [0.15, 0.2) is 78.0 Å². The molecule has 1 aliphatic rings. The number of hydrogen-bond acceptors (Lipinski definition) is 6. The Hall–Kier alpha value is -3.69. The fourth-order valence-corrected chi connectivity index (χ4v) is 6.40. The summed E-state index contributed by atoms with van der Waals surface area (Å²) >= 11 is 0. The second-order valence-corrected chi connectivity index (χ2v) is 12.0. The Morgan fingerprint density at radius 1 is 1.05 bits per heavy atom. The highest BCUT2D eigenvalue weighted by Crippen LogP contribution is 2.31. The average molecular weight is 548 g/mol. The van der Waals surface area contributed by atoms with E-state index in [0.29, 0.717) is 29.2 Å². The van der Waals surface area contributed by atoms with Crippen molar-refractivity contribution in [2.75, 3.05) is 6.54 Å². The van der Waals surface area contributed by atoms with Crippen molar-refractivity contribution in [1.29, 1.82) is 0 Å². The number of hydrogen-bond donors (Lipinski definition) is 2. The highest BCUT2D eigenvalue weighted by molar-refractivity contribution is 7.90. The molecule has 2 aromatic carbocycles. The number of nitrogens with zero attached hydrogens (tertiary/aromatic N) is 2. The van der Waals surface area contributed by atoms with Gasteiger partial charge in [-0.2, -0.15) is 0 Å². The molecule has 1 fully saturated rings. The number of pyridine rings is 1. The molecule has 204 valence electrons. The standard InChI is InChI=1S/C30H33N3O5S/c1-21-7-13-25(14-8-21)39(36,37)33-18-16-26-28(15-17-31-29(26)33)38-24-11-9-22(10-12-24)19-27(30(34)35)32-20-23-5-3-2-4-6-23/h7-18,23,27,32H,2-6,19-20H2,1H3,(H,34,35). The van der Waals surface area contributed by atoms with E-state index < -0.39 is 22.0 Å². The van der Waals surface area contributed by atoms with E-state index in [1.54, 1.807) is 48.5 Å². The first-order valence-electron chi connectivity index (χ1n) is 13.3. The molecule has 2 aromatic heterocycles. The van der Waals surface area contributed by atoms with E-state index in [-0.39, 0.29) is 10.5 Å². The van der Waals surface area contributed by atoms with E-state index in [2.05, 4.69) is 10.3 Å². The Balaban J connectivity index is 1.29. The molecular formula is C30H33N3O5S. The Bertz CT molecular complexity index is 1540. The van der Waals surface area contributed by atoms with E-state index in [4.69, 9.17) is 4.74 Å². The highest BCUT2D eigenvalue weighted by atomic mass is 32.2. The van der Waals surface area contributed by atoms with Gasteiger partial charge >= 0.3 is 5.97 Å². The second kappa shape index (κ2) is 11.6. The molecule has 5 rings (SSSR count). The summed E-state index contributed by atoms with van der Waals surface area (Å²) in [5.41, 5.74) is 2.14.